The maximum atomic E-state index is 6.35. The maximum Gasteiger partial charge on any atom is 1.00 e. The molecule has 0 radical (unpaired) electrons. The van der Waals surface area contributed by atoms with E-state index in [2.05, 4.69) is 37.4 Å². The smallest absolute Gasteiger partial charge is 0.694 e. The summed E-state index contributed by atoms with van der Waals surface area (Å²) in [6.45, 7) is 28.3. The number of rotatable bonds is 5. The largest absolute Gasteiger partial charge is 1.00 e. The van der Waals surface area contributed by atoms with Crippen molar-refractivity contribution in [2.45, 2.75) is 185 Å². The summed E-state index contributed by atoms with van der Waals surface area (Å²) in [4.78, 5) is 0. The van der Waals surface area contributed by atoms with Gasteiger partial charge in [-0.15, -0.1) is 18.3 Å². The minimum atomic E-state index is -0.523. The second-order valence-electron chi connectivity index (χ2n) is 12.6. The van der Waals surface area contributed by atoms with Crippen LogP contribution in [0.15, 0.2) is 0 Å². The van der Waals surface area contributed by atoms with Crippen LogP contribution < -0.4 is 18.9 Å². The molecule has 0 N–H and O–H groups in total. The standard InChI is InChI=1S/C11H19BO2.C9H19BO3.C5H8.C5H7.C4H8O.2CH4.Li/c1-6-7-8-9-12-13-10(2,3)11(4,5)14-12;1-7(2)11-10-12-8(3,4)9(5,6)13-10;2*1-3-5-4-2;1-2-4-5-3-1;;;/h6-7H2,1-5H3;7H,1-6H3;1H,4-5H2,2H3;3,5H2,1H3;1-4H2;2*1H4;/q;;;-1;;;;+1. The molecule has 0 atom stereocenters. The fraction of sp³-hybridized carbons (Fsp3) is 0.833. The zero-order valence-corrected chi connectivity index (χ0v) is 30.3. The third-order valence-corrected chi connectivity index (χ3v) is 7.06. The summed E-state index contributed by atoms with van der Waals surface area (Å²) >= 11 is 0. The number of hydrogen-bond acceptors (Lipinski definition) is 6. The van der Waals surface area contributed by atoms with E-state index in [1.54, 1.807) is 0 Å². The first-order valence-corrected chi connectivity index (χ1v) is 15.7. The summed E-state index contributed by atoms with van der Waals surface area (Å²) in [5, 5.41) is 0. The topological polar surface area (TPSA) is 55.4 Å². The van der Waals surface area contributed by atoms with Gasteiger partial charge in [0, 0.05) is 32.2 Å². The van der Waals surface area contributed by atoms with Crippen molar-refractivity contribution in [1.82, 2.24) is 0 Å². The predicted octanol–water partition coefficient (Wildman–Crippen LogP) is 6.29. The molecular formula is C36H69B2LiO6. The summed E-state index contributed by atoms with van der Waals surface area (Å²) in [5.41, 5.74) is -1.13. The van der Waals surface area contributed by atoms with Crippen molar-refractivity contribution in [2.75, 3.05) is 13.2 Å². The second-order valence-corrected chi connectivity index (χ2v) is 12.6. The van der Waals surface area contributed by atoms with Crippen molar-refractivity contribution < 1.29 is 46.9 Å². The van der Waals surface area contributed by atoms with Gasteiger partial charge in [-0.1, -0.05) is 41.4 Å². The fourth-order valence-corrected chi connectivity index (χ4v) is 3.03. The van der Waals surface area contributed by atoms with Gasteiger partial charge in [-0.2, -0.15) is 0 Å². The van der Waals surface area contributed by atoms with Crippen LogP contribution in [0.5, 0.6) is 0 Å². The summed E-state index contributed by atoms with van der Waals surface area (Å²) in [6.07, 6.45) is 19.8. The Morgan fingerprint density at radius 1 is 0.733 bits per heavy atom. The van der Waals surface area contributed by atoms with E-state index in [1.807, 2.05) is 76.2 Å². The molecule has 256 valence electrons. The predicted molar refractivity (Wildman–Crippen MR) is 190 cm³/mol. The van der Waals surface area contributed by atoms with E-state index < -0.39 is 7.32 Å². The van der Waals surface area contributed by atoms with Gasteiger partial charge in [-0.3, -0.25) is 0 Å². The first-order chi connectivity index (χ1) is 19.5. The molecule has 0 aromatic heterocycles. The van der Waals surface area contributed by atoms with E-state index in [9.17, 15) is 0 Å². The number of unbranched alkanes of at least 4 members (excludes halogenated alkanes) is 3. The minimum Gasteiger partial charge on any atom is -0.694 e. The van der Waals surface area contributed by atoms with Crippen LogP contribution in [0, 0.1) is 36.4 Å². The molecule has 0 aliphatic carbocycles. The third-order valence-electron chi connectivity index (χ3n) is 7.06. The molecule has 3 saturated heterocycles. The number of hydrogen-bond donors (Lipinski definition) is 0. The zero-order chi connectivity index (χ0) is 32.9. The molecule has 3 heterocycles. The maximum absolute atomic E-state index is 6.35. The van der Waals surface area contributed by atoms with E-state index in [1.165, 1.54) is 12.8 Å². The molecule has 0 spiro atoms. The molecule has 45 heavy (non-hydrogen) atoms. The van der Waals surface area contributed by atoms with Gasteiger partial charge in [-0.25, -0.2) is 0 Å². The molecule has 0 saturated carbocycles. The minimum absolute atomic E-state index is 0. The molecule has 0 unspecified atom stereocenters. The summed E-state index contributed by atoms with van der Waals surface area (Å²) < 4.78 is 33.1. The molecule has 3 aliphatic heterocycles. The van der Waals surface area contributed by atoms with E-state index in [4.69, 9.17) is 40.9 Å². The molecule has 0 bridgehead atoms. The van der Waals surface area contributed by atoms with Crippen LogP contribution >= 0.6 is 0 Å². The number of ether oxygens (including phenoxy) is 1. The zero-order valence-electron chi connectivity index (χ0n) is 30.3. The normalized spacial score (nSPS) is 18.7. The van der Waals surface area contributed by atoms with E-state index in [0.717, 1.165) is 51.7 Å². The van der Waals surface area contributed by atoms with Crippen molar-refractivity contribution >= 4 is 14.4 Å². The van der Waals surface area contributed by atoms with Crippen LogP contribution in [0.4, 0.5) is 0 Å². The second kappa shape index (κ2) is 28.2. The van der Waals surface area contributed by atoms with Crippen LogP contribution in [0.3, 0.4) is 0 Å². The van der Waals surface area contributed by atoms with E-state index in [-0.39, 0.29) is 69.3 Å². The van der Waals surface area contributed by atoms with Gasteiger partial charge in [0.15, 0.2) is 0 Å². The Morgan fingerprint density at radius 2 is 1.13 bits per heavy atom. The monoisotopic (exact) mass is 627 g/mol. The molecule has 6 nitrogen and oxygen atoms in total. The van der Waals surface area contributed by atoms with Gasteiger partial charge >= 0.3 is 33.3 Å². The summed E-state index contributed by atoms with van der Waals surface area (Å²) in [7, 11) is -0.878. The molecule has 9 heteroatoms. The SMILES string of the molecule is C.C.C#CCCC.C1CCOC1.CC(C)OB1OC(C)(C)C(C)(C)O1.CCCC#CB1OC(C)(C)C(C)(C)O1.[C-]#CCCC.[Li+]. The third kappa shape index (κ3) is 24.0. The van der Waals surface area contributed by atoms with Crippen LogP contribution in [-0.4, -0.2) is 56.2 Å². The Balaban J connectivity index is -0.000000158. The van der Waals surface area contributed by atoms with Crippen molar-refractivity contribution in [2.24, 2.45) is 0 Å². The molecule has 0 amide bonds. The van der Waals surface area contributed by atoms with Crippen LogP contribution in [-0.2, 0) is 28.0 Å². The van der Waals surface area contributed by atoms with Gasteiger partial charge in [0.1, 0.15) is 0 Å². The van der Waals surface area contributed by atoms with Gasteiger partial charge in [0.25, 0.3) is 0 Å². The van der Waals surface area contributed by atoms with Crippen LogP contribution in [0.2, 0.25) is 0 Å². The Kier molecular flexibility index (Phi) is 33.6. The first-order valence-electron chi connectivity index (χ1n) is 15.7. The van der Waals surface area contributed by atoms with Gasteiger partial charge in [0.2, 0.25) is 0 Å². The molecule has 3 fully saturated rings. The van der Waals surface area contributed by atoms with Crippen molar-refractivity contribution in [3.05, 3.63) is 6.42 Å². The first kappa shape index (κ1) is 53.6. The average molecular weight is 627 g/mol. The molecule has 0 aromatic rings. The molecule has 0 aromatic carbocycles. The van der Waals surface area contributed by atoms with Crippen molar-refractivity contribution in [3.63, 3.8) is 0 Å². The van der Waals surface area contributed by atoms with Gasteiger partial charge < -0.3 is 40.4 Å². The quantitative estimate of drug-likeness (QED) is 0.203. The van der Waals surface area contributed by atoms with Crippen molar-refractivity contribution in [3.8, 4) is 30.0 Å². The molecular weight excluding hydrogens is 557 g/mol. The fourth-order valence-electron chi connectivity index (χ4n) is 3.03. The summed E-state index contributed by atoms with van der Waals surface area (Å²) in [6, 6.07) is 0. The van der Waals surface area contributed by atoms with Gasteiger partial charge in [-0.05, 0) is 108 Å². The van der Waals surface area contributed by atoms with E-state index >= 15 is 0 Å². The Hall–Kier alpha value is -0.833. The molecule has 3 aliphatic rings. The van der Waals surface area contributed by atoms with Crippen molar-refractivity contribution in [1.29, 1.82) is 0 Å². The Morgan fingerprint density at radius 3 is 1.38 bits per heavy atom. The van der Waals surface area contributed by atoms with Gasteiger partial charge in [0.05, 0.1) is 22.4 Å². The van der Waals surface area contributed by atoms with Crippen LogP contribution in [0.1, 0.15) is 156 Å². The van der Waals surface area contributed by atoms with Crippen LogP contribution in [0.25, 0.3) is 0 Å². The Labute approximate surface area is 294 Å². The Bertz CT molecular complexity index is 791. The van der Waals surface area contributed by atoms with E-state index in [0.29, 0.717) is 0 Å². The number of terminal acetylenes is 1. The summed E-state index contributed by atoms with van der Waals surface area (Å²) in [5.74, 6) is 10.8. The average Bonchev–Trinajstić information content (AvgIpc) is 3.55. The molecule has 3 rings (SSSR count).